The highest BCUT2D eigenvalue weighted by Gasteiger charge is 2.06. The van der Waals surface area contributed by atoms with Gasteiger partial charge < -0.3 is 10.5 Å². The lowest BCUT2D eigenvalue weighted by atomic mass is 10.3. The highest BCUT2D eigenvalue weighted by atomic mass is 35.5. The number of rotatable bonds is 2. The van der Waals surface area contributed by atoms with Gasteiger partial charge >= 0.3 is 0 Å². The smallest absolute Gasteiger partial charge is 0.225 e. The maximum atomic E-state index is 12.9. The first-order valence-corrected chi connectivity index (χ1v) is 4.85. The van der Waals surface area contributed by atoms with Crippen LogP contribution in [0.15, 0.2) is 24.3 Å². The number of halogens is 3. The van der Waals surface area contributed by atoms with Gasteiger partial charge in [0.25, 0.3) is 0 Å². The summed E-state index contributed by atoms with van der Waals surface area (Å²) in [6.07, 6.45) is 0. The van der Waals surface area contributed by atoms with Crippen molar-refractivity contribution in [2.24, 2.45) is 0 Å². The Morgan fingerprint density at radius 3 is 2.29 bits per heavy atom. The summed E-state index contributed by atoms with van der Waals surface area (Å²) < 4.78 is 30.9. The number of nitrogens with zero attached hydrogens (tertiary/aromatic N) is 2. The summed E-state index contributed by atoms with van der Waals surface area (Å²) in [6.45, 7) is 0. The highest BCUT2D eigenvalue weighted by molar-refractivity contribution is 6.29. The van der Waals surface area contributed by atoms with E-state index in [4.69, 9.17) is 22.1 Å². The normalized spacial score (nSPS) is 10.3. The second-order valence-corrected chi connectivity index (χ2v) is 3.48. The molecule has 0 unspecified atom stereocenters. The van der Waals surface area contributed by atoms with Crippen LogP contribution in [0.25, 0.3) is 0 Å². The van der Waals surface area contributed by atoms with E-state index in [0.29, 0.717) is 0 Å². The first-order chi connectivity index (χ1) is 8.02. The van der Waals surface area contributed by atoms with E-state index in [9.17, 15) is 8.78 Å². The van der Waals surface area contributed by atoms with Crippen molar-refractivity contribution in [3.63, 3.8) is 0 Å². The number of nitrogen functional groups attached to an aromatic ring is 1. The van der Waals surface area contributed by atoms with Gasteiger partial charge in [0.2, 0.25) is 11.8 Å². The molecule has 1 heterocycles. The molecule has 0 bridgehead atoms. The summed E-state index contributed by atoms with van der Waals surface area (Å²) in [5, 5.41) is 0.0735. The van der Waals surface area contributed by atoms with Crippen LogP contribution < -0.4 is 10.5 Å². The number of benzene rings is 1. The molecule has 7 heteroatoms. The minimum atomic E-state index is -0.756. The molecule has 88 valence electrons. The second-order valence-electron chi connectivity index (χ2n) is 3.09. The second kappa shape index (κ2) is 4.50. The Morgan fingerprint density at radius 2 is 1.71 bits per heavy atom. The molecule has 0 amide bonds. The van der Waals surface area contributed by atoms with Crippen LogP contribution in [0.3, 0.4) is 0 Å². The summed E-state index contributed by atoms with van der Waals surface area (Å²) in [7, 11) is 0. The summed E-state index contributed by atoms with van der Waals surface area (Å²) in [4.78, 5) is 7.32. The molecular formula is C10H6ClF2N3O. The van der Waals surface area contributed by atoms with E-state index < -0.39 is 11.6 Å². The Hall–Kier alpha value is -1.95. The highest BCUT2D eigenvalue weighted by Crippen LogP contribution is 2.23. The number of hydrogen-bond acceptors (Lipinski definition) is 4. The average Bonchev–Trinajstić information content (AvgIpc) is 2.13. The van der Waals surface area contributed by atoms with Crippen LogP contribution in [0, 0.1) is 11.6 Å². The predicted octanol–water partition coefficient (Wildman–Crippen LogP) is 2.78. The van der Waals surface area contributed by atoms with E-state index in [0.717, 1.165) is 18.2 Å². The molecule has 4 nitrogen and oxygen atoms in total. The Balaban J connectivity index is 2.31. The zero-order chi connectivity index (χ0) is 12.4. The van der Waals surface area contributed by atoms with Crippen molar-refractivity contribution in [3.8, 4) is 11.6 Å². The SMILES string of the molecule is Nc1nc(Cl)cc(Oc2cc(F)cc(F)c2)n1. The molecule has 2 aromatic rings. The Morgan fingerprint density at radius 1 is 1.06 bits per heavy atom. The minimum Gasteiger partial charge on any atom is -0.439 e. The van der Waals surface area contributed by atoms with Crippen LogP contribution in [-0.2, 0) is 0 Å². The number of anilines is 1. The van der Waals surface area contributed by atoms with Gasteiger partial charge in [0, 0.05) is 24.3 Å². The van der Waals surface area contributed by atoms with Gasteiger partial charge in [0.05, 0.1) is 0 Å². The molecule has 0 aliphatic heterocycles. The number of nitrogens with two attached hydrogens (primary N) is 1. The molecule has 1 aromatic carbocycles. The molecule has 0 atom stereocenters. The van der Waals surface area contributed by atoms with Crippen molar-refractivity contribution in [1.82, 2.24) is 9.97 Å². The molecule has 0 aliphatic rings. The molecular weight excluding hydrogens is 252 g/mol. The van der Waals surface area contributed by atoms with Crippen molar-refractivity contribution in [2.45, 2.75) is 0 Å². The molecule has 2 rings (SSSR count). The maximum absolute atomic E-state index is 12.9. The van der Waals surface area contributed by atoms with Crippen molar-refractivity contribution >= 4 is 17.5 Å². The van der Waals surface area contributed by atoms with Gasteiger partial charge in [0.15, 0.2) is 0 Å². The van der Waals surface area contributed by atoms with E-state index in [1.807, 2.05) is 0 Å². The Labute approximate surface area is 100 Å². The summed E-state index contributed by atoms with van der Waals surface area (Å²) in [6, 6.07) is 4.03. The Kier molecular flexibility index (Phi) is 3.06. The monoisotopic (exact) mass is 257 g/mol. The van der Waals surface area contributed by atoms with Crippen LogP contribution in [0.4, 0.5) is 14.7 Å². The van der Waals surface area contributed by atoms with Crippen LogP contribution in [-0.4, -0.2) is 9.97 Å². The third-order valence-electron chi connectivity index (χ3n) is 1.75. The summed E-state index contributed by atoms with van der Waals surface area (Å²) in [5.74, 6) is -1.64. The van der Waals surface area contributed by atoms with E-state index in [2.05, 4.69) is 9.97 Å². The van der Waals surface area contributed by atoms with Gasteiger partial charge in [-0.15, -0.1) is 0 Å². The third kappa shape index (κ3) is 3.01. The van der Waals surface area contributed by atoms with E-state index in [1.165, 1.54) is 6.07 Å². The van der Waals surface area contributed by atoms with Crippen molar-refractivity contribution in [2.75, 3.05) is 5.73 Å². The van der Waals surface area contributed by atoms with Gasteiger partial charge in [-0.25, -0.2) is 13.8 Å². The third-order valence-corrected chi connectivity index (χ3v) is 1.94. The fourth-order valence-electron chi connectivity index (χ4n) is 1.17. The summed E-state index contributed by atoms with van der Waals surface area (Å²) in [5.41, 5.74) is 5.34. The molecule has 0 spiro atoms. The summed E-state index contributed by atoms with van der Waals surface area (Å²) >= 11 is 5.62. The van der Waals surface area contributed by atoms with Gasteiger partial charge in [-0.3, -0.25) is 0 Å². The lowest BCUT2D eigenvalue weighted by molar-refractivity contribution is 0.451. The van der Waals surface area contributed by atoms with Gasteiger partial charge in [-0.1, -0.05) is 11.6 Å². The molecule has 1 aromatic heterocycles. The van der Waals surface area contributed by atoms with Crippen LogP contribution in [0.2, 0.25) is 5.15 Å². The molecule has 0 radical (unpaired) electrons. The number of aromatic nitrogens is 2. The standard InChI is InChI=1S/C10H6ClF2N3O/c11-8-4-9(16-10(14)15-8)17-7-2-5(12)1-6(13)3-7/h1-4H,(H2,14,15,16). The predicted molar refractivity (Wildman–Crippen MR) is 57.9 cm³/mol. The van der Waals surface area contributed by atoms with Gasteiger partial charge in [0.1, 0.15) is 22.5 Å². The lowest BCUT2D eigenvalue weighted by Gasteiger charge is -2.05. The first-order valence-electron chi connectivity index (χ1n) is 4.47. The van der Waals surface area contributed by atoms with Gasteiger partial charge in [-0.05, 0) is 0 Å². The van der Waals surface area contributed by atoms with Gasteiger partial charge in [-0.2, -0.15) is 4.98 Å². The minimum absolute atomic E-state index is 0.00694. The fraction of sp³-hybridized carbons (Fsp3) is 0. The largest absolute Gasteiger partial charge is 0.439 e. The maximum Gasteiger partial charge on any atom is 0.225 e. The lowest BCUT2D eigenvalue weighted by Crippen LogP contribution is -1.97. The van der Waals surface area contributed by atoms with E-state index in [-0.39, 0.29) is 22.7 Å². The van der Waals surface area contributed by atoms with Crippen molar-refractivity contribution in [1.29, 1.82) is 0 Å². The zero-order valence-corrected chi connectivity index (χ0v) is 9.08. The van der Waals surface area contributed by atoms with E-state index in [1.54, 1.807) is 0 Å². The molecule has 0 fully saturated rings. The van der Waals surface area contributed by atoms with Crippen molar-refractivity contribution in [3.05, 3.63) is 41.1 Å². The van der Waals surface area contributed by atoms with E-state index >= 15 is 0 Å². The number of ether oxygens (including phenoxy) is 1. The first kappa shape index (κ1) is 11.5. The number of hydrogen-bond donors (Lipinski definition) is 1. The molecule has 0 saturated carbocycles. The molecule has 0 saturated heterocycles. The Bertz CT molecular complexity index is 475. The molecule has 2 N–H and O–H groups in total. The average molecular weight is 258 g/mol. The zero-order valence-electron chi connectivity index (χ0n) is 8.32. The molecule has 17 heavy (non-hydrogen) atoms. The fourth-order valence-corrected chi connectivity index (χ4v) is 1.35. The van der Waals surface area contributed by atoms with Crippen LogP contribution in [0.5, 0.6) is 11.6 Å². The quantitative estimate of drug-likeness (QED) is 0.841. The van der Waals surface area contributed by atoms with Crippen molar-refractivity contribution < 1.29 is 13.5 Å². The van der Waals surface area contributed by atoms with Crippen LogP contribution in [0.1, 0.15) is 0 Å². The topological polar surface area (TPSA) is 61.0 Å². The molecule has 0 aliphatic carbocycles. The van der Waals surface area contributed by atoms with Crippen LogP contribution >= 0.6 is 11.6 Å².